The highest BCUT2D eigenvalue weighted by atomic mass is 35.7. The molecule has 1 aromatic rings. The van der Waals surface area contributed by atoms with E-state index in [9.17, 15) is 8.42 Å². The lowest BCUT2D eigenvalue weighted by Crippen LogP contribution is -2.26. The van der Waals surface area contributed by atoms with Crippen LogP contribution in [0.15, 0.2) is 24.3 Å². The fourth-order valence-electron chi connectivity index (χ4n) is 1.58. The van der Waals surface area contributed by atoms with Gasteiger partial charge in [-0.2, -0.15) is 0 Å². The molecule has 0 heterocycles. The molecule has 0 unspecified atom stereocenters. The minimum Gasteiger partial charge on any atom is -0.212 e. The van der Waals surface area contributed by atoms with Crippen molar-refractivity contribution in [3.05, 3.63) is 35.4 Å². The topological polar surface area (TPSA) is 34.1 Å². The third kappa shape index (κ3) is 3.84. The van der Waals surface area contributed by atoms with Crippen molar-refractivity contribution in [3.63, 3.8) is 0 Å². The van der Waals surface area contributed by atoms with Gasteiger partial charge in [0.1, 0.15) is 0 Å². The number of benzene rings is 1. The van der Waals surface area contributed by atoms with Gasteiger partial charge in [0.15, 0.2) is 0 Å². The predicted molar refractivity (Wildman–Crippen MR) is 63.8 cm³/mol. The first-order valence-electron chi connectivity index (χ1n) is 4.70. The quantitative estimate of drug-likeness (QED) is 0.769. The minimum atomic E-state index is -3.47. The van der Waals surface area contributed by atoms with Crippen LogP contribution in [0.1, 0.15) is 25.0 Å². The molecule has 0 atom stereocenters. The second-order valence-corrected chi connectivity index (χ2v) is 7.21. The molecule has 0 N–H and O–H groups in total. The molecule has 0 aliphatic rings. The van der Waals surface area contributed by atoms with Gasteiger partial charge < -0.3 is 0 Å². The average Bonchev–Trinajstić information content (AvgIpc) is 1.99. The van der Waals surface area contributed by atoms with Gasteiger partial charge in [0.05, 0.1) is 5.75 Å². The summed E-state index contributed by atoms with van der Waals surface area (Å²) in [5, 5.41) is 0. The second kappa shape index (κ2) is 4.14. The summed E-state index contributed by atoms with van der Waals surface area (Å²) in [6.07, 6.45) is 0. The average molecular weight is 247 g/mol. The van der Waals surface area contributed by atoms with Crippen LogP contribution in [0.25, 0.3) is 0 Å². The van der Waals surface area contributed by atoms with Crippen LogP contribution >= 0.6 is 10.7 Å². The van der Waals surface area contributed by atoms with E-state index in [-0.39, 0.29) is 5.75 Å². The highest BCUT2D eigenvalue weighted by molar-refractivity contribution is 8.13. The van der Waals surface area contributed by atoms with Crippen molar-refractivity contribution >= 4 is 19.7 Å². The van der Waals surface area contributed by atoms with E-state index in [0.717, 1.165) is 11.1 Å². The van der Waals surface area contributed by atoms with E-state index in [1.165, 1.54) is 0 Å². The molecule has 0 fully saturated rings. The summed E-state index contributed by atoms with van der Waals surface area (Å²) >= 11 is 0. The van der Waals surface area contributed by atoms with Crippen molar-refractivity contribution in [2.45, 2.75) is 26.2 Å². The van der Waals surface area contributed by atoms with Crippen molar-refractivity contribution < 1.29 is 8.42 Å². The molecule has 15 heavy (non-hydrogen) atoms. The molecule has 0 spiro atoms. The van der Waals surface area contributed by atoms with Gasteiger partial charge in [0, 0.05) is 16.1 Å². The van der Waals surface area contributed by atoms with Crippen molar-refractivity contribution in [2.75, 3.05) is 5.75 Å². The maximum atomic E-state index is 11.1. The van der Waals surface area contributed by atoms with E-state index < -0.39 is 14.5 Å². The van der Waals surface area contributed by atoms with Gasteiger partial charge in [-0.05, 0) is 12.5 Å². The first kappa shape index (κ1) is 12.5. The minimum absolute atomic E-state index is 0.0506. The van der Waals surface area contributed by atoms with Crippen molar-refractivity contribution in [1.29, 1.82) is 0 Å². The first-order valence-corrected chi connectivity index (χ1v) is 7.18. The molecule has 0 saturated heterocycles. The summed E-state index contributed by atoms with van der Waals surface area (Å²) < 4.78 is 22.1. The van der Waals surface area contributed by atoms with Crippen LogP contribution in [-0.4, -0.2) is 14.2 Å². The van der Waals surface area contributed by atoms with Crippen molar-refractivity contribution in [2.24, 2.45) is 0 Å². The lowest BCUT2D eigenvalue weighted by atomic mass is 9.86. The monoisotopic (exact) mass is 246 g/mol. The third-order valence-electron chi connectivity index (χ3n) is 2.33. The van der Waals surface area contributed by atoms with E-state index >= 15 is 0 Å². The Balaban J connectivity index is 3.06. The van der Waals surface area contributed by atoms with Gasteiger partial charge in [-0.15, -0.1) is 0 Å². The van der Waals surface area contributed by atoms with Crippen LogP contribution in [-0.2, 0) is 14.5 Å². The Labute approximate surface area is 95.7 Å². The summed E-state index contributed by atoms with van der Waals surface area (Å²) in [5.41, 5.74) is 1.66. The standard InChI is InChI=1S/C11H15ClO2S/c1-9-5-4-6-10(7-9)11(2,3)8-15(12,13)14/h4-7H,8H2,1-3H3. The van der Waals surface area contributed by atoms with E-state index in [1.807, 2.05) is 45.0 Å². The van der Waals surface area contributed by atoms with E-state index in [0.29, 0.717) is 0 Å². The largest absolute Gasteiger partial charge is 0.233 e. The zero-order chi connectivity index (χ0) is 11.7. The lowest BCUT2D eigenvalue weighted by Gasteiger charge is -2.23. The molecular formula is C11H15ClO2S. The fraction of sp³-hybridized carbons (Fsp3) is 0.455. The molecule has 4 heteroatoms. The van der Waals surface area contributed by atoms with Gasteiger partial charge in [0.2, 0.25) is 9.05 Å². The molecule has 0 bridgehead atoms. The van der Waals surface area contributed by atoms with E-state index in [2.05, 4.69) is 0 Å². The highest BCUT2D eigenvalue weighted by Gasteiger charge is 2.26. The van der Waals surface area contributed by atoms with Crippen LogP contribution < -0.4 is 0 Å². The van der Waals surface area contributed by atoms with Crippen molar-refractivity contribution in [3.8, 4) is 0 Å². The number of halogens is 1. The fourth-order valence-corrected chi connectivity index (χ4v) is 3.43. The Kier molecular flexibility index (Phi) is 3.46. The number of aryl methyl sites for hydroxylation is 1. The van der Waals surface area contributed by atoms with Crippen LogP contribution in [0, 0.1) is 6.92 Å². The zero-order valence-electron chi connectivity index (χ0n) is 9.12. The van der Waals surface area contributed by atoms with E-state index in [1.54, 1.807) is 0 Å². The maximum Gasteiger partial charge on any atom is 0.233 e. The van der Waals surface area contributed by atoms with Crippen LogP contribution in [0.4, 0.5) is 0 Å². The van der Waals surface area contributed by atoms with Gasteiger partial charge in [0.25, 0.3) is 0 Å². The first-order chi connectivity index (χ1) is 6.71. The highest BCUT2D eigenvalue weighted by Crippen LogP contribution is 2.26. The second-order valence-electron chi connectivity index (χ2n) is 4.44. The van der Waals surface area contributed by atoms with Crippen LogP contribution in [0.2, 0.25) is 0 Å². The summed E-state index contributed by atoms with van der Waals surface area (Å²) in [4.78, 5) is 0. The molecule has 0 saturated carbocycles. The molecule has 0 radical (unpaired) electrons. The summed E-state index contributed by atoms with van der Waals surface area (Å²) in [7, 11) is 1.81. The molecular weight excluding hydrogens is 232 g/mol. The lowest BCUT2D eigenvalue weighted by molar-refractivity contribution is 0.557. The predicted octanol–water partition coefficient (Wildman–Crippen LogP) is 2.84. The van der Waals surface area contributed by atoms with Gasteiger partial charge in [-0.3, -0.25) is 0 Å². The molecule has 84 valence electrons. The summed E-state index contributed by atoms with van der Waals surface area (Å²) in [6, 6.07) is 7.82. The Bertz CT molecular complexity index is 449. The van der Waals surface area contributed by atoms with Crippen LogP contribution in [0.3, 0.4) is 0 Å². The Morgan fingerprint density at radius 1 is 1.33 bits per heavy atom. The van der Waals surface area contributed by atoms with Gasteiger partial charge in [-0.25, -0.2) is 8.42 Å². The molecule has 0 aliphatic heterocycles. The number of hydrogen-bond acceptors (Lipinski definition) is 2. The number of rotatable bonds is 3. The zero-order valence-corrected chi connectivity index (χ0v) is 10.7. The van der Waals surface area contributed by atoms with Gasteiger partial charge in [-0.1, -0.05) is 43.7 Å². The molecule has 0 aromatic heterocycles. The third-order valence-corrected chi connectivity index (χ3v) is 3.73. The van der Waals surface area contributed by atoms with Crippen LogP contribution in [0.5, 0.6) is 0 Å². The molecule has 1 aromatic carbocycles. The normalized spacial score (nSPS) is 12.8. The van der Waals surface area contributed by atoms with Gasteiger partial charge >= 0.3 is 0 Å². The summed E-state index contributed by atoms with van der Waals surface area (Å²) in [5.74, 6) is -0.0506. The maximum absolute atomic E-state index is 11.1. The van der Waals surface area contributed by atoms with E-state index in [4.69, 9.17) is 10.7 Å². The molecule has 1 rings (SSSR count). The molecule has 0 amide bonds. The summed E-state index contributed by atoms with van der Waals surface area (Å²) in [6.45, 7) is 5.73. The Hall–Kier alpha value is -0.540. The SMILES string of the molecule is Cc1cccc(C(C)(C)CS(=O)(=O)Cl)c1. The Morgan fingerprint density at radius 2 is 1.93 bits per heavy atom. The Morgan fingerprint density at radius 3 is 2.40 bits per heavy atom. The molecule has 2 nitrogen and oxygen atoms in total. The number of hydrogen-bond donors (Lipinski definition) is 0. The smallest absolute Gasteiger partial charge is 0.212 e. The van der Waals surface area contributed by atoms with Crippen molar-refractivity contribution in [1.82, 2.24) is 0 Å². The molecule has 0 aliphatic carbocycles.